The number of carbonyl (C=O) groups is 1. The van der Waals surface area contributed by atoms with Crippen molar-refractivity contribution >= 4 is 27.5 Å². The van der Waals surface area contributed by atoms with Crippen LogP contribution >= 0.6 is 15.9 Å². The Labute approximate surface area is 120 Å². The van der Waals surface area contributed by atoms with Gasteiger partial charge in [0.1, 0.15) is 0 Å². The van der Waals surface area contributed by atoms with Gasteiger partial charge in [-0.05, 0) is 43.0 Å². The van der Waals surface area contributed by atoms with Crippen LogP contribution in [0.15, 0.2) is 22.7 Å². The quantitative estimate of drug-likeness (QED) is 0.662. The molecular weight excluding hydrogens is 314 g/mol. The van der Waals surface area contributed by atoms with Crippen molar-refractivity contribution in [2.24, 2.45) is 0 Å². The lowest BCUT2D eigenvalue weighted by atomic mass is 10.1. The number of halogens is 1. The van der Waals surface area contributed by atoms with E-state index >= 15 is 0 Å². The summed E-state index contributed by atoms with van der Waals surface area (Å²) < 4.78 is 0.535. The summed E-state index contributed by atoms with van der Waals surface area (Å²) in [5.41, 5.74) is 0.161. The van der Waals surface area contributed by atoms with Crippen molar-refractivity contribution in [1.82, 2.24) is 10.2 Å². The molecule has 0 aliphatic rings. The van der Waals surface area contributed by atoms with Crippen molar-refractivity contribution in [3.05, 3.63) is 38.3 Å². The van der Waals surface area contributed by atoms with E-state index < -0.39 is 4.92 Å². The number of carbonyl (C=O) groups excluding carboxylic acids is 1. The second kappa shape index (κ2) is 6.63. The van der Waals surface area contributed by atoms with Crippen molar-refractivity contribution in [2.45, 2.75) is 13.0 Å². The molecule has 0 saturated heterocycles. The average molecular weight is 330 g/mol. The number of rotatable bonds is 5. The monoisotopic (exact) mass is 329 g/mol. The SMILES string of the molecule is CC(CN(C)C)NC(=O)c1cc([N+](=O)[O-])ccc1Br. The third-order valence-electron chi connectivity index (χ3n) is 2.42. The summed E-state index contributed by atoms with van der Waals surface area (Å²) in [6, 6.07) is 4.07. The second-order valence-electron chi connectivity index (χ2n) is 4.56. The lowest BCUT2D eigenvalue weighted by Gasteiger charge is -2.18. The molecule has 0 saturated carbocycles. The third kappa shape index (κ3) is 4.60. The van der Waals surface area contributed by atoms with Crippen LogP contribution in [0, 0.1) is 10.1 Å². The first-order valence-corrected chi connectivity index (χ1v) is 6.50. The van der Waals surface area contributed by atoms with Gasteiger partial charge in [-0.1, -0.05) is 0 Å². The molecule has 0 aliphatic heterocycles. The van der Waals surface area contributed by atoms with Gasteiger partial charge in [0.15, 0.2) is 0 Å². The molecular formula is C12H16BrN3O3. The predicted molar refractivity (Wildman–Crippen MR) is 76.3 cm³/mol. The zero-order chi connectivity index (χ0) is 14.6. The van der Waals surface area contributed by atoms with Crippen molar-refractivity contribution in [1.29, 1.82) is 0 Å². The Bertz CT molecular complexity index is 491. The van der Waals surface area contributed by atoms with Crippen LogP contribution < -0.4 is 5.32 Å². The number of nitrogens with one attached hydrogen (secondary N) is 1. The average Bonchev–Trinajstić information content (AvgIpc) is 2.27. The minimum atomic E-state index is -0.521. The van der Waals surface area contributed by atoms with Gasteiger partial charge in [0.2, 0.25) is 0 Å². The van der Waals surface area contributed by atoms with E-state index in [1.165, 1.54) is 18.2 Å². The first-order valence-electron chi connectivity index (χ1n) is 5.70. The number of hydrogen-bond acceptors (Lipinski definition) is 4. The maximum atomic E-state index is 12.1. The van der Waals surface area contributed by atoms with Crippen LogP contribution in [0.1, 0.15) is 17.3 Å². The molecule has 0 spiro atoms. The fourth-order valence-electron chi connectivity index (χ4n) is 1.70. The molecule has 104 valence electrons. The standard InChI is InChI=1S/C12H16BrN3O3/c1-8(7-15(2)3)14-12(17)10-6-9(16(18)19)4-5-11(10)13/h4-6,8H,7H2,1-3H3,(H,14,17). The predicted octanol–water partition coefficient (Wildman–Crippen LogP) is 2.04. The van der Waals surface area contributed by atoms with Crippen molar-refractivity contribution in [3.63, 3.8) is 0 Å². The van der Waals surface area contributed by atoms with Crippen molar-refractivity contribution in [2.75, 3.05) is 20.6 Å². The van der Waals surface area contributed by atoms with Crippen molar-refractivity contribution < 1.29 is 9.72 Å². The summed E-state index contributed by atoms with van der Waals surface area (Å²) in [5.74, 6) is -0.329. The number of nitrogens with zero attached hydrogens (tertiary/aromatic N) is 2. The Balaban J connectivity index is 2.87. The molecule has 7 heteroatoms. The Morgan fingerprint density at radius 3 is 2.68 bits per heavy atom. The molecule has 1 unspecified atom stereocenters. The van der Waals surface area contributed by atoms with Gasteiger partial charge in [-0.3, -0.25) is 14.9 Å². The molecule has 1 atom stereocenters. The maximum Gasteiger partial charge on any atom is 0.270 e. The zero-order valence-corrected chi connectivity index (χ0v) is 12.6. The molecule has 0 heterocycles. The van der Waals surface area contributed by atoms with E-state index in [4.69, 9.17) is 0 Å². The number of nitro groups is 1. The van der Waals surface area contributed by atoms with Crippen LogP contribution in [-0.2, 0) is 0 Å². The van der Waals surface area contributed by atoms with E-state index in [1.807, 2.05) is 25.9 Å². The number of non-ortho nitro benzene ring substituents is 1. The first-order chi connectivity index (χ1) is 8.81. The summed E-state index contributed by atoms with van der Waals surface area (Å²) in [7, 11) is 3.82. The van der Waals surface area contributed by atoms with E-state index in [-0.39, 0.29) is 23.2 Å². The van der Waals surface area contributed by atoms with Crippen LogP contribution in [0.2, 0.25) is 0 Å². The van der Waals surface area contributed by atoms with Gasteiger partial charge in [-0.15, -0.1) is 0 Å². The summed E-state index contributed by atoms with van der Waals surface area (Å²) in [5, 5.41) is 13.5. The summed E-state index contributed by atoms with van der Waals surface area (Å²) in [6.07, 6.45) is 0. The highest BCUT2D eigenvalue weighted by molar-refractivity contribution is 9.10. The lowest BCUT2D eigenvalue weighted by Crippen LogP contribution is -2.39. The molecule has 6 nitrogen and oxygen atoms in total. The number of likely N-dealkylation sites (N-methyl/N-ethyl adjacent to an activating group) is 1. The molecule has 0 aromatic heterocycles. The topological polar surface area (TPSA) is 75.5 Å². The lowest BCUT2D eigenvalue weighted by molar-refractivity contribution is -0.384. The Morgan fingerprint density at radius 2 is 2.16 bits per heavy atom. The van der Waals surface area contributed by atoms with Gasteiger partial charge < -0.3 is 10.2 Å². The number of amides is 1. The number of hydrogen-bond donors (Lipinski definition) is 1. The van der Waals surface area contributed by atoms with Gasteiger partial charge in [0.25, 0.3) is 11.6 Å². The smallest absolute Gasteiger partial charge is 0.270 e. The largest absolute Gasteiger partial charge is 0.348 e. The highest BCUT2D eigenvalue weighted by Gasteiger charge is 2.17. The first kappa shape index (κ1) is 15.6. The van der Waals surface area contributed by atoms with Crippen LogP contribution in [0.3, 0.4) is 0 Å². The van der Waals surface area contributed by atoms with Gasteiger partial charge >= 0.3 is 0 Å². The van der Waals surface area contributed by atoms with E-state index in [2.05, 4.69) is 21.2 Å². The highest BCUT2D eigenvalue weighted by Crippen LogP contribution is 2.22. The van der Waals surface area contributed by atoms with Crippen molar-refractivity contribution in [3.8, 4) is 0 Å². The van der Waals surface area contributed by atoms with Gasteiger partial charge in [-0.2, -0.15) is 0 Å². The molecule has 1 aromatic rings. The van der Waals surface area contributed by atoms with Gasteiger partial charge in [0, 0.05) is 29.2 Å². The summed E-state index contributed by atoms with van der Waals surface area (Å²) >= 11 is 3.23. The Hall–Kier alpha value is -1.47. The minimum Gasteiger partial charge on any atom is -0.348 e. The van der Waals surface area contributed by atoms with Crippen LogP contribution in [-0.4, -0.2) is 42.4 Å². The molecule has 19 heavy (non-hydrogen) atoms. The zero-order valence-electron chi connectivity index (χ0n) is 11.0. The highest BCUT2D eigenvalue weighted by atomic mass is 79.9. The van der Waals surface area contributed by atoms with Crippen LogP contribution in [0.5, 0.6) is 0 Å². The molecule has 1 aromatic carbocycles. The van der Waals surface area contributed by atoms with E-state index in [1.54, 1.807) is 0 Å². The molecule has 0 aliphatic carbocycles. The van der Waals surface area contributed by atoms with E-state index in [0.29, 0.717) is 11.0 Å². The minimum absolute atomic E-state index is 0.0475. The third-order valence-corrected chi connectivity index (χ3v) is 3.11. The van der Waals surface area contributed by atoms with E-state index in [0.717, 1.165) is 0 Å². The van der Waals surface area contributed by atoms with Gasteiger partial charge in [0.05, 0.1) is 10.5 Å². The maximum absolute atomic E-state index is 12.1. The van der Waals surface area contributed by atoms with E-state index in [9.17, 15) is 14.9 Å². The molecule has 0 bridgehead atoms. The molecule has 1 N–H and O–H groups in total. The molecule has 1 rings (SSSR count). The fourth-order valence-corrected chi connectivity index (χ4v) is 2.12. The normalized spacial score (nSPS) is 12.3. The van der Waals surface area contributed by atoms with Crippen LogP contribution in [0.25, 0.3) is 0 Å². The van der Waals surface area contributed by atoms with Crippen LogP contribution in [0.4, 0.5) is 5.69 Å². The molecule has 1 amide bonds. The second-order valence-corrected chi connectivity index (χ2v) is 5.41. The summed E-state index contributed by atoms with van der Waals surface area (Å²) in [4.78, 5) is 24.2. The molecule has 0 radical (unpaired) electrons. The Kier molecular flexibility index (Phi) is 5.44. The summed E-state index contributed by atoms with van der Waals surface area (Å²) in [6.45, 7) is 2.57. The van der Waals surface area contributed by atoms with Gasteiger partial charge in [-0.25, -0.2) is 0 Å². The number of benzene rings is 1. The Morgan fingerprint density at radius 1 is 1.53 bits per heavy atom. The number of nitro benzene ring substituents is 1. The fraction of sp³-hybridized carbons (Fsp3) is 0.417. The molecule has 0 fully saturated rings.